The number of rotatable bonds is 1. The monoisotopic (exact) mass is 242 g/mol. The smallest absolute Gasteiger partial charge is 0.261 e. The van der Waals surface area contributed by atoms with Crippen molar-refractivity contribution in [2.45, 2.75) is 13.8 Å². The average molecular weight is 242 g/mol. The molecule has 0 bridgehead atoms. The van der Waals surface area contributed by atoms with Gasteiger partial charge in [0.2, 0.25) is 0 Å². The van der Waals surface area contributed by atoms with Crippen molar-refractivity contribution in [2.75, 3.05) is 0 Å². The van der Waals surface area contributed by atoms with Crippen LogP contribution in [0.15, 0.2) is 23.4 Å². The summed E-state index contributed by atoms with van der Waals surface area (Å²) in [6.45, 7) is 3.74. The molecular weight excluding hydrogens is 232 g/mol. The molecule has 0 amide bonds. The first-order chi connectivity index (χ1) is 8.68. The van der Waals surface area contributed by atoms with Gasteiger partial charge in [0.25, 0.3) is 0 Å². The van der Waals surface area contributed by atoms with Crippen LogP contribution in [-0.4, -0.2) is 29.5 Å². The fraction of sp³-hybridized carbons (Fsp3) is 0.182. The van der Waals surface area contributed by atoms with Crippen LogP contribution in [-0.2, 0) is 0 Å². The second-order valence-electron chi connectivity index (χ2n) is 3.92. The molecule has 1 N–H and O–H groups in total. The first-order valence-electron chi connectivity index (χ1n) is 5.39. The summed E-state index contributed by atoms with van der Waals surface area (Å²) >= 11 is 0. The van der Waals surface area contributed by atoms with Gasteiger partial charge in [0.05, 0.1) is 6.20 Å². The predicted molar refractivity (Wildman–Crippen MR) is 64.1 cm³/mol. The molecule has 0 unspecified atom stereocenters. The number of hydrogen-bond acceptors (Lipinski definition) is 5. The topological polar surface area (TPSA) is 88.8 Å². The van der Waals surface area contributed by atoms with E-state index in [1.807, 2.05) is 13.8 Å². The zero-order chi connectivity index (χ0) is 12.7. The molecular formula is C11H10N6O. The van der Waals surface area contributed by atoms with Crippen LogP contribution in [0.5, 0.6) is 0 Å². The van der Waals surface area contributed by atoms with E-state index in [4.69, 9.17) is 0 Å². The first-order valence-corrected chi connectivity index (χ1v) is 5.39. The highest BCUT2D eigenvalue weighted by Crippen LogP contribution is 2.17. The SMILES string of the molecule is Cc1nc(-c2cnccn2)n2c(=O)[nH]nc2c1C. The van der Waals surface area contributed by atoms with E-state index in [9.17, 15) is 4.79 Å². The first kappa shape index (κ1) is 10.6. The van der Waals surface area contributed by atoms with Gasteiger partial charge in [0.15, 0.2) is 11.5 Å². The number of nitrogens with zero attached hydrogens (tertiary/aromatic N) is 5. The van der Waals surface area contributed by atoms with E-state index in [1.54, 1.807) is 18.6 Å². The summed E-state index contributed by atoms with van der Waals surface area (Å²) in [6, 6.07) is 0. The lowest BCUT2D eigenvalue weighted by Crippen LogP contribution is -2.14. The summed E-state index contributed by atoms with van der Waals surface area (Å²) in [5, 5.41) is 6.43. The summed E-state index contributed by atoms with van der Waals surface area (Å²) in [7, 11) is 0. The van der Waals surface area contributed by atoms with Crippen LogP contribution in [0, 0.1) is 13.8 Å². The van der Waals surface area contributed by atoms with E-state index in [0.29, 0.717) is 17.2 Å². The maximum absolute atomic E-state index is 11.8. The Morgan fingerprint density at radius 1 is 1.28 bits per heavy atom. The third-order valence-electron chi connectivity index (χ3n) is 2.83. The predicted octanol–water partition coefficient (Wildman–Crippen LogP) is 0.491. The molecule has 0 saturated heterocycles. The average Bonchev–Trinajstić information content (AvgIpc) is 2.77. The number of hydrogen-bond donors (Lipinski definition) is 1. The summed E-state index contributed by atoms with van der Waals surface area (Å²) in [5.74, 6) is 0.444. The van der Waals surface area contributed by atoms with Crippen molar-refractivity contribution in [3.63, 3.8) is 0 Å². The molecule has 7 heteroatoms. The van der Waals surface area contributed by atoms with Crippen LogP contribution in [0.1, 0.15) is 11.3 Å². The minimum absolute atomic E-state index is 0.332. The highest BCUT2D eigenvalue weighted by atomic mass is 16.1. The molecule has 0 saturated carbocycles. The van der Waals surface area contributed by atoms with E-state index in [0.717, 1.165) is 11.3 Å². The fourth-order valence-corrected chi connectivity index (χ4v) is 1.79. The number of aromatic amines is 1. The maximum Gasteiger partial charge on any atom is 0.349 e. The Hall–Kier alpha value is -2.57. The third-order valence-corrected chi connectivity index (χ3v) is 2.83. The van der Waals surface area contributed by atoms with Gasteiger partial charge in [0.1, 0.15) is 5.69 Å². The van der Waals surface area contributed by atoms with Crippen molar-refractivity contribution in [3.05, 3.63) is 40.3 Å². The molecule has 0 spiro atoms. The van der Waals surface area contributed by atoms with E-state index < -0.39 is 0 Å². The van der Waals surface area contributed by atoms with Gasteiger partial charge in [-0.05, 0) is 13.8 Å². The number of aromatic nitrogens is 6. The molecule has 0 aliphatic rings. The van der Waals surface area contributed by atoms with E-state index in [-0.39, 0.29) is 5.69 Å². The zero-order valence-electron chi connectivity index (χ0n) is 9.88. The number of nitrogens with one attached hydrogen (secondary N) is 1. The Bertz CT molecular complexity index is 773. The standard InChI is InChI=1S/C11H10N6O/c1-6-7(2)14-10(8-5-12-3-4-13-8)17-9(6)15-16-11(17)18/h3-5H,1-2H3,(H,16,18). The molecule has 3 rings (SSSR count). The van der Waals surface area contributed by atoms with Crippen LogP contribution >= 0.6 is 0 Å². The van der Waals surface area contributed by atoms with E-state index >= 15 is 0 Å². The quantitative estimate of drug-likeness (QED) is 0.670. The highest BCUT2D eigenvalue weighted by Gasteiger charge is 2.14. The van der Waals surface area contributed by atoms with Crippen LogP contribution < -0.4 is 5.69 Å². The molecule has 0 aliphatic carbocycles. The number of H-pyrrole nitrogens is 1. The third kappa shape index (κ3) is 1.41. The van der Waals surface area contributed by atoms with Crippen LogP contribution in [0.25, 0.3) is 17.2 Å². The van der Waals surface area contributed by atoms with E-state index in [1.165, 1.54) is 4.40 Å². The summed E-state index contributed by atoms with van der Waals surface area (Å²) in [5.41, 5.74) is 2.44. The number of aryl methyl sites for hydroxylation is 2. The van der Waals surface area contributed by atoms with Gasteiger partial charge in [-0.1, -0.05) is 0 Å². The molecule has 0 radical (unpaired) electrons. The number of fused-ring (bicyclic) bond motifs is 1. The van der Waals surface area contributed by atoms with Gasteiger partial charge in [-0.3, -0.25) is 4.98 Å². The molecule has 0 aliphatic heterocycles. The van der Waals surface area contributed by atoms with Crippen molar-refractivity contribution in [2.24, 2.45) is 0 Å². The Balaban J connectivity index is 2.47. The van der Waals surface area contributed by atoms with Crippen LogP contribution in [0.2, 0.25) is 0 Å². The molecule has 7 nitrogen and oxygen atoms in total. The van der Waals surface area contributed by atoms with Gasteiger partial charge in [0, 0.05) is 23.7 Å². The van der Waals surface area contributed by atoms with Gasteiger partial charge >= 0.3 is 5.69 Å². The van der Waals surface area contributed by atoms with Crippen molar-refractivity contribution >= 4 is 5.65 Å². The molecule has 3 heterocycles. The highest BCUT2D eigenvalue weighted by molar-refractivity contribution is 5.58. The van der Waals surface area contributed by atoms with Crippen molar-refractivity contribution in [1.82, 2.24) is 29.5 Å². The second-order valence-corrected chi connectivity index (χ2v) is 3.92. The normalized spacial score (nSPS) is 11.0. The maximum atomic E-state index is 11.8. The Kier molecular flexibility index (Phi) is 2.19. The minimum atomic E-state index is -0.332. The van der Waals surface area contributed by atoms with Crippen LogP contribution in [0.4, 0.5) is 0 Å². The lowest BCUT2D eigenvalue weighted by molar-refractivity contribution is 0.971. The molecule has 90 valence electrons. The van der Waals surface area contributed by atoms with E-state index in [2.05, 4.69) is 25.1 Å². The summed E-state index contributed by atoms with van der Waals surface area (Å²) in [6.07, 6.45) is 4.69. The Labute approximate surface area is 102 Å². The molecule has 0 fully saturated rings. The zero-order valence-corrected chi connectivity index (χ0v) is 9.88. The van der Waals surface area contributed by atoms with Crippen molar-refractivity contribution < 1.29 is 0 Å². The summed E-state index contributed by atoms with van der Waals surface area (Å²) < 4.78 is 1.41. The van der Waals surface area contributed by atoms with Gasteiger partial charge < -0.3 is 0 Å². The fourth-order valence-electron chi connectivity index (χ4n) is 1.79. The summed E-state index contributed by atoms with van der Waals surface area (Å²) in [4.78, 5) is 24.3. The molecule has 3 aromatic rings. The lowest BCUT2D eigenvalue weighted by atomic mass is 10.2. The Morgan fingerprint density at radius 3 is 2.83 bits per heavy atom. The second kappa shape index (κ2) is 3.73. The van der Waals surface area contributed by atoms with Crippen molar-refractivity contribution in [3.8, 4) is 11.5 Å². The molecule has 3 aromatic heterocycles. The van der Waals surface area contributed by atoms with Gasteiger partial charge in [-0.15, -0.1) is 0 Å². The van der Waals surface area contributed by atoms with Gasteiger partial charge in [-0.2, -0.15) is 5.10 Å². The van der Waals surface area contributed by atoms with Gasteiger partial charge in [-0.25, -0.2) is 24.3 Å². The molecule has 0 atom stereocenters. The Morgan fingerprint density at radius 2 is 2.11 bits per heavy atom. The van der Waals surface area contributed by atoms with Crippen molar-refractivity contribution in [1.29, 1.82) is 0 Å². The van der Waals surface area contributed by atoms with Crippen LogP contribution in [0.3, 0.4) is 0 Å². The molecule has 18 heavy (non-hydrogen) atoms. The lowest BCUT2D eigenvalue weighted by Gasteiger charge is -2.06. The largest absolute Gasteiger partial charge is 0.349 e. The minimum Gasteiger partial charge on any atom is -0.261 e. The molecule has 0 aromatic carbocycles.